The van der Waals surface area contributed by atoms with Crippen LogP contribution in [0.2, 0.25) is 5.02 Å². The van der Waals surface area contributed by atoms with E-state index < -0.39 is 5.60 Å². The van der Waals surface area contributed by atoms with Crippen LogP contribution in [0.25, 0.3) is 0 Å². The summed E-state index contributed by atoms with van der Waals surface area (Å²) >= 11 is 6.34. The first kappa shape index (κ1) is 19.5. The van der Waals surface area contributed by atoms with E-state index in [2.05, 4.69) is 18.1 Å². The number of rotatable bonds is 5. The van der Waals surface area contributed by atoms with E-state index in [-0.39, 0.29) is 5.97 Å². The highest BCUT2D eigenvalue weighted by molar-refractivity contribution is 6.30. The summed E-state index contributed by atoms with van der Waals surface area (Å²) in [6.07, 6.45) is 3.69. The summed E-state index contributed by atoms with van der Waals surface area (Å²) in [6.45, 7) is 9.03. The third-order valence-corrected chi connectivity index (χ3v) is 5.96. The lowest BCUT2D eigenvalue weighted by Gasteiger charge is -2.37. The summed E-state index contributed by atoms with van der Waals surface area (Å²) in [5.74, 6) is 0.880. The monoisotopic (exact) mass is 429 g/mol. The maximum Gasteiger partial charge on any atom is 0.340 e. The minimum Gasteiger partial charge on any atom is -0.456 e. The van der Waals surface area contributed by atoms with E-state index in [1.165, 1.54) is 0 Å². The first-order chi connectivity index (χ1) is 15.1. The molecule has 0 fully saturated rings. The maximum absolute atomic E-state index is 12.9. The van der Waals surface area contributed by atoms with Gasteiger partial charge in [-0.3, -0.25) is 0 Å². The first-order valence-corrected chi connectivity index (χ1v) is 10.4. The molecule has 2 heterocycles. The van der Waals surface area contributed by atoms with Crippen LogP contribution >= 0.6 is 11.6 Å². The van der Waals surface area contributed by atoms with Gasteiger partial charge in [0.1, 0.15) is 11.5 Å². The molecule has 1 unspecified atom stereocenters. The van der Waals surface area contributed by atoms with Crippen LogP contribution in [0.4, 0.5) is 5.69 Å². The van der Waals surface area contributed by atoms with Gasteiger partial charge in [0.2, 0.25) is 0 Å². The molecule has 1 spiro atoms. The molecule has 0 N–H and O–H groups in total. The highest BCUT2D eigenvalue weighted by Gasteiger charge is 2.53. The molecule has 0 aliphatic carbocycles. The van der Waals surface area contributed by atoms with Crippen molar-refractivity contribution in [2.75, 3.05) is 18.0 Å². The molecular formula is C26H20ClNO3. The van der Waals surface area contributed by atoms with E-state index in [9.17, 15) is 4.79 Å². The second-order valence-corrected chi connectivity index (χ2v) is 7.96. The molecule has 0 saturated carbocycles. The normalized spacial score (nSPS) is 17.8. The fraction of sp³-hybridized carbons (Fsp3) is 0.115. The molecule has 0 aromatic heterocycles. The van der Waals surface area contributed by atoms with Gasteiger partial charge in [0.15, 0.2) is 5.60 Å². The molecule has 0 amide bonds. The van der Waals surface area contributed by atoms with E-state index in [1.54, 1.807) is 12.1 Å². The fourth-order valence-electron chi connectivity index (χ4n) is 4.43. The van der Waals surface area contributed by atoms with Crippen molar-refractivity contribution in [1.29, 1.82) is 0 Å². The maximum atomic E-state index is 12.9. The standard InChI is InChI=1S/C26H20ClNO3/c1-3-13-28(14-4-2)18-10-11-21-24(16-18)30-23-12-9-17(27)15-22(23)26(21)20-8-6-5-7-19(20)25(29)31-26/h3-12,15-16H,1-2,13-14H2. The Morgan fingerprint density at radius 2 is 1.68 bits per heavy atom. The van der Waals surface area contributed by atoms with Crippen LogP contribution in [0.3, 0.4) is 0 Å². The molecule has 2 aliphatic rings. The molecule has 154 valence electrons. The van der Waals surface area contributed by atoms with Gasteiger partial charge in [0, 0.05) is 46.6 Å². The van der Waals surface area contributed by atoms with Crippen LogP contribution in [0.15, 0.2) is 86.0 Å². The van der Waals surface area contributed by atoms with Crippen LogP contribution in [0.1, 0.15) is 27.0 Å². The van der Waals surface area contributed by atoms with Gasteiger partial charge in [-0.1, -0.05) is 42.0 Å². The van der Waals surface area contributed by atoms with Gasteiger partial charge in [-0.15, -0.1) is 13.2 Å². The van der Waals surface area contributed by atoms with Crippen LogP contribution in [-0.2, 0) is 10.3 Å². The Balaban J connectivity index is 1.76. The molecule has 0 saturated heterocycles. The number of nitrogens with zero attached hydrogens (tertiary/aromatic N) is 1. The minimum absolute atomic E-state index is 0.363. The molecule has 2 aliphatic heterocycles. The fourth-order valence-corrected chi connectivity index (χ4v) is 4.60. The Morgan fingerprint density at radius 3 is 2.45 bits per heavy atom. The lowest BCUT2D eigenvalue weighted by Crippen LogP contribution is -2.33. The minimum atomic E-state index is -1.11. The van der Waals surface area contributed by atoms with E-state index in [4.69, 9.17) is 21.1 Å². The van der Waals surface area contributed by atoms with Crippen molar-refractivity contribution < 1.29 is 14.3 Å². The number of carbonyl (C=O) groups excluding carboxylic acids is 1. The summed E-state index contributed by atoms with van der Waals surface area (Å²) in [5.41, 5.74) is 2.67. The molecular weight excluding hydrogens is 410 g/mol. The topological polar surface area (TPSA) is 38.8 Å². The van der Waals surface area contributed by atoms with Crippen LogP contribution in [-0.4, -0.2) is 19.1 Å². The van der Waals surface area contributed by atoms with Gasteiger partial charge >= 0.3 is 5.97 Å². The smallest absolute Gasteiger partial charge is 0.340 e. The number of esters is 1. The Kier molecular flexibility index (Phi) is 4.60. The average molecular weight is 430 g/mol. The van der Waals surface area contributed by atoms with Gasteiger partial charge in [0.25, 0.3) is 0 Å². The lowest BCUT2D eigenvalue weighted by molar-refractivity contribution is 0.0224. The number of ether oxygens (including phenoxy) is 2. The molecule has 5 rings (SSSR count). The van der Waals surface area contributed by atoms with Crippen molar-refractivity contribution in [3.8, 4) is 11.5 Å². The zero-order chi connectivity index (χ0) is 21.6. The third kappa shape index (κ3) is 2.87. The van der Waals surface area contributed by atoms with E-state index in [1.807, 2.05) is 60.7 Å². The second kappa shape index (κ2) is 7.33. The molecule has 0 bridgehead atoms. The Bertz CT molecular complexity index is 1230. The number of carbonyl (C=O) groups is 1. The van der Waals surface area contributed by atoms with Gasteiger partial charge < -0.3 is 14.4 Å². The summed E-state index contributed by atoms with van der Waals surface area (Å²) < 4.78 is 12.4. The van der Waals surface area contributed by atoms with Crippen molar-refractivity contribution in [2.24, 2.45) is 0 Å². The summed E-state index contributed by atoms with van der Waals surface area (Å²) in [5, 5.41) is 0.547. The molecule has 3 aromatic rings. The Labute approximate surface area is 186 Å². The highest BCUT2D eigenvalue weighted by Crippen LogP contribution is 2.56. The first-order valence-electron chi connectivity index (χ1n) is 10.0. The van der Waals surface area contributed by atoms with Crippen molar-refractivity contribution in [3.63, 3.8) is 0 Å². The van der Waals surface area contributed by atoms with Gasteiger partial charge in [-0.05, 0) is 36.4 Å². The van der Waals surface area contributed by atoms with Crippen LogP contribution < -0.4 is 9.64 Å². The molecule has 31 heavy (non-hydrogen) atoms. The number of halogens is 1. The van der Waals surface area contributed by atoms with Gasteiger partial charge in [-0.25, -0.2) is 4.79 Å². The number of fused-ring (bicyclic) bond motifs is 6. The predicted molar refractivity (Wildman–Crippen MR) is 122 cm³/mol. The number of hydrogen-bond acceptors (Lipinski definition) is 4. The quantitative estimate of drug-likeness (QED) is 0.363. The van der Waals surface area contributed by atoms with Crippen molar-refractivity contribution in [1.82, 2.24) is 0 Å². The van der Waals surface area contributed by atoms with Gasteiger partial charge in [0.05, 0.1) is 5.56 Å². The highest BCUT2D eigenvalue weighted by atomic mass is 35.5. The third-order valence-electron chi connectivity index (χ3n) is 5.72. The summed E-state index contributed by atoms with van der Waals surface area (Å²) in [7, 11) is 0. The average Bonchev–Trinajstić information content (AvgIpc) is 3.07. The largest absolute Gasteiger partial charge is 0.456 e. The SMILES string of the molecule is C=CCN(CC=C)c1ccc2c(c1)Oc1ccc(Cl)cc1C21OC(=O)c2ccccc21. The summed E-state index contributed by atoms with van der Waals surface area (Å²) in [6, 6.07) is 18.8. The van der Waals surface area contributed by atoms with Crippen LogP contribution in [0.5, 0.6) is 11.5 Å². The molecule has 0 radical (unpaired) electrons. The summed E-state index contributed by atoms with van der Waals surface area (Å²) in [4.78, 5) is 15.0. The van der Waals surface area contributed by atoms with Crippen molar-refractivity contribution >= 4 is 23.3 Å². The zero-order valence-electron chi connectivity index (χ0n) is 16.8. The van der Waals surface area contributed by atoms with Gasteiger partial charge in [-0.2, -0.15) is 0 Å². The van der Waals surface area contributed by atoms with Crippen molar-refractivity contribution in [3.05, 3.63) is 113 Å². The predicted octanol–water partition coefficient (Wildman–Crippen LogP) is 6.09. The molecule has 5 heteroatoms. The zero-order valence-corrected chi connectivity index (χ0v) is 17.6. The Morgan fingerprint density at radius 1 is 0.903 bits per heavy atom. The Hall–Kier alpha value is -3.50. The number of hydrogen-bond donors (Lipinski definition) is 0. The number of anilines is 1. The number of benzene rings is 3. The van der Waals surface area contributed by atoms with E-state index >= 15 is 0 Å². The van der Waals surface area contributed by atoms with Crippen LogP contribution in [0, 0.1) is 0 Å². The molecule has 4 nitrogen and oxygen atoms in total. The van der Waals surface area contributed by atoms with E-state index in [0.717, 1.165) is 16.8 Å². The van der Waals surface area contributed by atoms with E-state index in [0.29, 0.717) is 40.7 Å². The van der Waals surface area contributed by atoms with Crippen molar-refractivity contribution in [2.45, 2.75) is 5.60 Å². The molecule has 1 atom stereocenters. The molecule has 3 aromatic carbocycles. The lowest BCUT2D eigenvalue weighted by atomic mass is 9.77. The second-order valence-electron chi connectivity index (χ2n) is 7.52.